The van der Waals surface area contributed by atoms with Crippen molar-refractivity contribution in [3.63, 3.8) is 0 Å². The van der Waals surface area contributed by atoms with Crippen molar-refractivity contribution < 1.29 is 27.6 Å². The highest BCUT2D eigenvalue weighted by molar-refractivity contribution is 6.32. The van der Waals surface area contributed by atoms with Gasteiger partial charge in [0.1, 0.15) is 6.04 Å². The third kappa shape index (κ3) is 3.48. The number of ketones is 1. The van der Waals surface area contributed by atoms with Gasteiger partial charge in [0.2, 0.25) is 11.8 Å². The molecule has 186 valence electrons. The van der Waals surface area contributed by atoms with Crippen LogP contribution in [-0.2, 0) is 15.8 Å². The zero-order chi connectivity index (χ0) is 26.1. The van der Waals surface area contributed by atoms with Crippen molar-refractivity contribution in [2.45, 2.75) is 18.3 Å². The van der Waals surface area contributed by atoms with Crippen LogP contribution in [-0.4, -0.2) is 34.9 Å². The first-order chi connectivity index (χ1) is 17.7. The maximum Gasteiger partial charge on any atom is 0.417 e. The van der Waals surface area contributed by atoms with E-state index < -0.39 is 58.3 Å². The Morgan fingerprint density at radius 2 is 1.57 bits per heavy atom. The van der Waals surface area contributed by atoms with E-state index in [0.717, 1.165) is 16.5 Å². The number of hydrogen-bond acceptors (Lipinski definition) is 5. The van der Waals surface area contributed by atoms with Crippen LogP contribution in [0.2, 0.25) is 5.02 Å². The molecule has 2 saturated heterocycles. The number of hydrogen-bond donors (Lipinski definition) is 0. The molecule has 6 nitrogen and oxygen atoms in total. The van der Waals surface area contributed by atoms with E-state index >= 15 is 0 Å². The van der Waals surface area contributed by atoms with E-state index in [1.165, 1.54) is 11.1 Å². The van der Waals surface area contributed by atoms with Gasteiger partial charge in [-0.15, -0.1) is 0 Å². The van der Waals surface area contributed by atoms with Crippen molar-refractivity contribution in [3.8, 4) is 0 Å². The molecule has 0 saturated carbocycles. The number of carbonyl (C=O) groups excluding carboxylic acids is 3. The Labute approximate surface area is 213 Å². The lowest BCUT2D eigenvalue weighted by Crippen LogP contribution is -2.44. The molecule has 4 atom stereocenters. The molecule has 6 rings (SSSR count). The molecule has 0 aliphatic carbocycles. The minimum atomic E-state index is -4.78. The Balaban J connectivity index is 1.49. The lowest BCUT2D eigenvalue weighted by Gasteiger charge is -2.33. The van der Waals surface area contributed by atoms with Crippen molar-refractivity contribution in [2.24, 2.45) is 16.9 Å². The highest BCUT2D eigenvalue weighted by atomic mass is 35.5. The molecular formula is C27H17ClF3N3O3. The number of imide groups is 1. The van der Waals surface area contributed by atoms with Crippen LogP contribution in [0, 0.1) is 11.8 Å². The standard InChI is InChI=1S/C27H17ClF3N3O3/c28-19-11-10-16(12-18(19)27(29,30)31)33-25(36)20-21(26(33)37)23(24(35)14-6-2-1-3-7-14)34-22(20)17-9-5-4-8-15(17)13-32-34/h1-13,20-23H/t20-,21-,22+,23+/m1/s1. The Hall–Kier alpha value is -3.98. The zero-order valence-corrected chi connectivity index (χ0v) is 19.6. The number of fused-ring (bicyclic) bond motifs is 5. The molecule has 0 bridgehead atoms. The number of rotatable bonds is 3. The molecule has 3 aliphatic rings. The van der Waals surface area contributed by atoms with Crippen LogP contribution in [0.1, 0.15) is 33.1 Å². The summed E-state index contributed by atoms with van der Waals surface area (Å²) in [6, 6.07) is 16.6. The van der Waals surface area contributed by atoms with Gasteiger partial charge in [-0.3, -0.25) is 19.4 Å². The molecule has 3 aromatic rings. The first-order valence-electron chi connectivity index (χ1n) is 11.4. The maximum absolute atomic E-state index is 13.8. The summed E-state index contributed by atoms with van der Waals surface area (Å²) >= 11 is 5.76. The number of hydrazone groups is 1. The van der Waals surface area contributed by atoms with Crippen molar-refractivity contribution in [3.05, 3.63) is 100 Å². The van der Waals surface area contributed by atoms with Crippen LogP contribution < -0.4 is 4.90 Å². The Morgan fingerprint density at radius 1 is 0.892 bits per heavy atom. The number of amides is 2. The lowest BCUT2D eigenvalue weighted by atomic mass is 9.83. The monoisotopic (exact) mass is 523 g/mol. The van der Waals surface area contributed by atoms with Gasteiger partial charge in [0.25, 0.3) is 0 Å². The van der Waals surface area contributed by atoms with Crippen LogP contribution in [0.4, 0.5) is 18.9 Å². The summed E-state index contributed by atoms with van der Waals surface area (Å²) in [7, 11) is 0. The minimum Gasteiger partial charge on any atom is -0.292 e. The summed E-state index contributed by atoms with van der Waals surface area (Å²) in [5.74, 6) is -3.99. The van der Waals surface area contributed by atoms with Gasteiger partial charge in [0.05, 0.1) is 40.4 Å². The van der Waals surface area contributed by atoms with E-state index in [9.17, 15) is 27.6 Å². The van der Waals surface area contributed by atoms with Crippen LogP contribution >= 0.6 is 11.6 Å². The SMILES string of the molecule is O=C(c1ccccc1)[C@@H]1[C@@H]2C(=O)N(c3ccc(Cl)c(C(F)(F)F)c3)C(=O)[C@H]2[C@@H]2c3ccccc3C=NN12. The quantitative estimate of drug-likeness (QED) is 0.353. The van der Waals surface area contributed by atoms with E-state index in [1.54, 1.807) is 54.7 Å². The van der Waals surface area contributed by atoms with Gasteiger partial charge in [-0.25, -0.2) is 4.90 Å². The van der Waals surface area contributed by atoms with Crippen molar-refractivity contribution in [1.82, 2.24) is 5.01 Å². The minimum absolute atomic E-state index is 0.244. The third-order valence-electron chi connectivity index (χ3n) is 7.13. The smallest absolute Gasteiger partial charge is 0.292 e. The summed E-state index contributed by atoms with van der Waals surface area (Å²) in [6.45, 7) is 0. The second-order valence-electron chi connectivity index (χ2n) is 9.10. The van der Waals surface area contributed by atoms with Crippen LogP contribution in [0.3, 0.4) is 0 Å². The van der Waals surface area contributed by atoms with E-state index in [-0.39, 0.29) is 5.69 Å². The number of anilines is 1. The molecule has 3 aliphatic heterocycles. The topological polar surface area (TPSA) is 70.0 Å². The molecule has 37 heavy (non-hydrogen) atoms. The molecule has 0 radical (unpaired) electrons. The average Bonchev–Trinajstić information content (AvgIpc) is 3.36. The van der Waals surface area contributed by atoms with Gasteiger partial charge >= 0.3 is 6.18 Å². The molecule has 3 heterocycles. The summed E-state index contributed by atoms with van der Waals surface area (Å²) in [5.41, 5.74) is 0.387. The fraction of sp³-hybridized carbons (Fsp3) is 0.185. The number of alkyl halides is 3. The Bertz CT molecular complexity index is 1490. The summed E-state index contributed by atoms with van der Waals surface area (Å²) in [4.78, 5) is 42.1. The molecule has 2 fully saturated rings. The first kappa shape index (κ1) is 23.4. The number of nitrogens with zero attached hydrogens (tertiary/aromatic N) is 3. The molecule has 0 unspecified atom stereocenters. The van der Waals surface area contributed by atoms with Crippen LogP contribution in [0.15, 0.2) is 77.9 Å². The summed E-state index contributed by atoms with van der Waals surface area (Å²) in [5, 5.41) is 5.42. The first-order valence-corrected chi connectivity index (χ1v) is 11.8. The predicted octanol–water partition coefficient (Wildman–Crippen LogP) is 5.12. The largest absolute Gasteiger partial charge is 0.417 e. The van der Waals surface area contributed by atoms with Crippen LogP contribution in [0.5, 0.6) is 0 Å². The average molecular weight is 524 g/mol. The fourth-order valence-corrected chi connectivity index (χ4v) is 5.79. The number of halogens is 4. The normalized spacial score (nSPS) is 24.2. The molecule has 2 amide bonds. The highest BCUT2D eigenvalue weighted by Crippen LogP contribution is 2.53. The maximum atomic E-state index is 13.8. The third-order valence-corrected chi connectivity index (χ3v) is 7.46. The Morgan fingerprint density at radius 3 is 2.30 bits per heavy atom. The van der Waals surface area contributed by atoms with Gasteiger partial charge in [-0.2, -0.15) is 18.3 Å². The molecule has 0 N–H and O–H groups in total. The second-order valence-corrected chi connectivity index (χ2v) is 9.51. The second kappa shape index (κ2) is 8.27. The Kier molecular flexibility index (Phi) is 5.24. The van der Waals surface area contributed by atoms with Crippen molar-refractivity contribution >= 4 is 41.1 Å². The number of benzene rings is 3. The number of carbonyl (C=O) groups is 3. The van der Waals surface area contributed by atoms with Crippen LogP contribution in [0.25, 0.3) is 0 Å². The van der Waals surface area contributed by atoms with Gasteiger partial charge < -0.3 is 0 Å². The zero-order valence-electron chi connectivity index (χ0n) is 18.9. The summed E-state index contributed by atoms with van der Waals surface area (Å²) < 4.78 is 40.6. The van der Waals surface area contributed by atoms with Gasteiger partial charge in [-0.05, 0) is 29.3 Å². The van der Waals surface area contributed by atoms with Crippen molar-refractivity contribution in [2.75, 3.05) is 4.90 Å². The fourth-order valence-electron chi connectivity index (χ4n) is 5.57. The lowest BCUT2D eigenvalue weighted by molar-refractivity contribution is -0.137. The van der Waals surface area contributed by atoms with E-state index in [1.807, 2.05) is 6.07 Å². The summed E-state index contributed by atoms with van der Waals surface area (Å²) in [6.07, 6.45) is -3.20. The van der Waals surface area contributed by atoms with Gasteiger partial charge in [0.15, 0.2) is 5.78 Å². The molecule has 0 spiro atoms. The highest BCUT2D eigenvalue weighted by Gasteiger charge is 2.65. The van der Waals surface area contributed by atoms with E-state index in [2.05, 4.69) is 5.10 Å². The molecule has 3 aromatic carbocycles. The molecule has 0 aromatic heterocycles. The molecular weight excluding hydrogens is 507 g/mol. The van der Waals surface area contributed by atoms with E-state index in [0.29, 0.717) is 17.2 Å². The number of Topliss-reactive ketones (excluding diaryl/α,β-unsaturated/α-hetero) is 1. The predicted molar refractivity (Wildman–Crippen MR) is 129 cm³/mol. The van der Waals surface area contributed by atoms with Gasteiger partial charge in [-0.1, -0.05) is 66.2 Å². The van der Waals surface area contributed by atoms with E-state index in [4.69, 9.17) is 11.6 Å². The van der Waals surface area contributed by atoms with Crippen molar-refractivity contribution in [1.29, 1.82) is 0 Å². The molecule has 10 heteroatoms. The van der Waals surface area contributed by atoms with Gasteiger partial charge in [0, 0.05) is 5.56 Å².